The molecule has 0 aromatic heterocycles. The van der Waals surface area contributed by atoms with Gasteiger partial charge in [0.1, 0.15) is 5.41 Å². The summed E-state index contributed by atoms with van der Waals surface area (Å²) >= 11 is 0. The lowest BCUT2D eigenvalue weighted by Gasteiger charge is -2.20. The van der Waals surface area contributed by atoms with Gasteiger partial charge in [0.15, 0.2) is 0 Å². The summed E-state index contributed by atoms with van der Waals surface area (Å²) in [6.45, 7) is 5.57. The van der Waals surface area contributed by atoms with E-state index < -0.39 is 5.41 Å². The summed E-state index contributed by atoms with van der Waals surface area (Å²) in [6.07, 6.45) is 4.63. The quantitative estimate of drug-likeness (QED) is 0.599. The van der Waals surface area contributed by atoms with Crippen molar-refractivity contribution >= 4 is 0 Å². The van der Waals surface area contributed by atoms with Crippen LogP contribution in [-0.2, 0) is 0 Å². The Kier molecular flexibility index (Phi) is 4.08. The van der Waals surface area contributed by atoms with Gasteiger partial charge in [-0.15, -0.1) is 0 Å². The van der Waals surface area contributed by atoms with Crippen LogP contribution >= 0.6 is 0 Å². The van der Waals surface area contributed by atoms with Crippen LogP contribution in [0.4, 0.5) is 0 Å². The van der Waals surface area contributed by atoms with Crippen LogP contribution in [-0.4, -0.2) is 0 Å². The van der Waals surface area contributed by atoms with Gasteiger partial charge in [0, 0.05) is 5.92 Å². The van der Waals surface area contributed by atoms with Gasteiger partial charge >= 0.3 is 0 Å². The van der Waals surface area contributed by atoms with Crippen molar-refractivity contribution in [1.29, 1.82) is 10.5 Å². The van der Waals surface area contributed by atoms with Crippen molar-refractivity contribution in [3.05, 3.63) is 12.2 Å². The van der Waals surface area contributed by atoms with E-state index in [1.54, 1.807) is 6.92 Å². The molecule has 0 saturated heterocycles. The van der Waals surface area contributed by atoms with E-state index in [0.29, 0.717) is 0 Å². The minimum Gasteiger partial charge on any atom is -0.197 e. The lowest BCUT2D eigenvalue weighted by atomic mass is 9.78. The van der Waals surface area contributed by atoms with Crippen molar-refractivity contribution in [1.82, 2.24) is 0 Å². The molecule has 0 rings (SSSR count). The Morgan fingerprint density at radius 2 is 1.92 bits per heavy atom. The number of hydrogen-bond donors (Lipinski definition) is 0. The first kappa shape index (κ1) is 10.7. The molecule has 2 nitrogen and oxygen atoms in total. The first-order valence-electron chi connectivity index (χ1n) is 4.10. The normalized spacial score (nSPS) is 13.8. The molecule has 0 radical (unpaired) electrons. The molecule has 64 valence electrons. The zero-order valence-corrected chi connectivity index (χ0v) is 7.83. The molecular weight excluding hydrogens is 148 g/mol. The highest BCUT2D eigenvalue weighted by molar-refractivity contribution is 5.17. The Hall–Kier alpha value is -1.28. The molecule has 0 aliphatic carbocycles. The SMILES string of the molecule is CC=CC(CC)C(C)(C#N)C#N. The highest BCUT2D eigenvalue weighted by Gasteiger charge is 2.31. The second-order valence-electron chi connectivity index (χ2n) is 2.97. The first-order valence-corrected chi connectivity index (χ1v) is 4.10. The monoisotopic (exact) mass is 162 g/mol. The van der Waals surface area contributed by atoms with Crippen LogP contribution in [0.5, 0.6) is 0 Å². The largest absolute Gasteiger partial charge is 0.197 e. The number of rotatable bonds is 3. The molecule has 1 unspecified atom stereocenters. The van der Waals surface area contributed by atoms with Crippen molar-refractivity contribution in [2.24, 2.45) is 11.3 Å². The maximum atomic E-state index is 8.81. The minimum atomic E-state index is -0.874. The summed E-state index contributed by atoms with van der Waals surface area (Å²) in [5.74, 6) is 0.0394. The average Bonchev–Trinajstić information content (AvgIpc) is 2.13. The Morgan fingerprint density at radius 1 is 1.42 bits per heavy atom. The van der Waals surface area contributed by atoms with Gasteiger partial charge in [-0.3, -0.25) is 0 Å². The highest BCUT2D eigenvalue weighted by atomic mass is 14.4. The summed E-state index contributed by atoms with van der Waals surface area (Å²) in [5, 5.41) is 17.6. The van der Waals surface area contributed by atoms with Gasteiger partial charge in [0.05, 0.1) is 12.1 Å². The third kappa shape index (κ3) is 2.10. The van der Waals surface area contributed by atoms with E-state index in [2.05, 4.69) is 12.1 Å². The predicted molar refractivity (Wildman–Crippen MR) is 47.9 cm³/mol. The fourth-order valence-electron chi connectivity index (χ4n) is 1.16. The van der Waals surface area contributed by atoms with Crippen molar-refractivity contribution < 1.29 is 0 Å². The van der Waals surface area contributed by atoms with E-state index in [1.807, 2.05) is 26.0 Å². The van der Waals surface area contributed by atoms with Gasteiger partial charge in [0.25, 0.3) is 0 Å². The van der Waals surface area contributed by atoms with Crippen LogP contribution in [0.3, 0.4) is 0 Å². The van der Waals surface area contributed by atoms with E-state index >= 15 is 0 Å². The summed E-state index contributed by atoms with van der Waals surface area (Å²) in [7, 11) is 0. The number of nitriles is 2. The van der Waals surface area contributed by atoms with Crippen molar-refractivity contribution in [3.63, 3.8) is 0 Å². The molecular formula is C10H14N2. The Labute approximate surface area is 74.1 Å². The Balaban J connectivity index is 4.73. The predicted octanol–water partition coefficient (Wildman–Crippen LogP) is 2.64. The van der Waals surface area contributed by atoms with Crippen molar-refractivity contribution in [3.8, 4) is 12.1 Å². The number of hydrogen-bond acceptors (Lipinski definition) is 2. The number of allylic oxidation sites excluding steroid dienone is 2. The van der Waals surface area contributed by atoms with Gasteiger partial charge in [0.2, 0.25) is 0 Å². The van der Waals surface area contributed by atoms with E-state index in [-0.39, 0.29) is 5.92 Å². The maximum absolute atomic E-state index is 8.81. The second kappa shape index (κ2) is 4.57. The smallest absolute Gasteiger partial charge is 0.147 e. The molecule has 0 aliphatic rings. The molecule has 0 spiro atoms. The first-order chi connectivity index (χ1) is 5.64. The van der Waals surface area contributed by atoms with E-state index in [4.69, 9.17) is 10.5 Å². The van der Waals surface area contributed by atoms with Crippen molar-refractivity contribution in [2.45, 2.75) is 27.2 Å². The Bertz CT molecular complexity index is 226. The molecule has 2 heteroatoms. The highest BCUT2D eigenvalue weighted by Crippen LogP contribution is 2.29. The zero-order chi connectivity index (χ0) is 9.61. The molecule has 0 heterocycles. The van der Waals surface area contributed by atoms with E-state index in [1.165, 1.54) is 0 Å². The summed E-state index contributed by atoms with van der Waals surface area (Å²) in [4.78, 5) is 0. The van der Waals surface area contributed by atoms with Crippen molar-refractivity contribution in [2.75, 3.05) is 0 Å². The molecule has 1 atom stereocenters. The standard InChI is InChI=1S/C10H14N2/c1-4-6-9(5-2)10(3,7-11)8-12/h4,6,9H,5H2,1-3H3. The van der Waals surface area contributed by atoms with E-state index in [0.717, 1.165) is 6.42 Å². The maximum Gasteiger partial charge on any atom is 0.147 e. The third-order valence-electron chi connectivity index (χ3n) is 2.07. The molecule has 0 N–H and O–H groups in total. The molecule has 0 bridgehead atoms. The van der Waals surface area contributed by atoms with Crippen LogP contribution in [0.1, 0.15) is 27.2 Å². The van der Waals surface area contributed by atoms with E-state index in [9.17, 15) is 0 Å². The van der Waals surface area contributed by atoms with Gasteiger partial charge < -0.3 is 0 Å². The van der Waals surface area contributed by atoms with Crippen LogP contribution in [0, 0.1) is 34.0 Å². The van der Waals surface area contributed by atoms with Crippen LogP contribution in [0.2, 0.25) is 0 Å². The molecule has 0 aromatic rings. The lowest BCUT2D eigenvalue weighted by Crippen LogP contribution is -2.21. The zero-order valence-electron chi connectivity index (χ0n) is 7.83. The second-order valence-corrected chi connectivity index (χ2v) is 2.97. The fourth-order valence-corrected chi connectivity index (χ4v) is 1.16. The van der Waals surface area contributed by atoms with Gasteiger partial charge in [-0.1, -0.05) is 19.1 Å². The molecule has 0 amide bonds. The summed E-state index contributed by atoms with van der Waals surface area (Å²) in [6, 6.07) is 4.10. The summed E-state index contributed by atoms with van der Waals surface area (Å²) < 4.78 is 0. The molecule has 0 aliphatic heterocycles. The summed E-state index contributed by atoms with van der Waals surface area (Å²) in [5.41, 5.74) is -0.874. The van der Waals surface area contributed by atoms with Crippen LogP contribution in [0.15, 0.2) is 12.2 Å². The Morgan fingerprint density at radius 3 is 2.17 bits per heavy atom. The third-order valence-corrected chi connectivity index (χ3v) is 2.07. The number of nitrogens with zero attached hydrogens (tertiary/aromatic N) is 2. The molecule has 0 fully saturated rings. The van der Waals surface area contributed by atoms with Gasteiger partial charge in [-0.05, 0) is 20.3 Å². The minimum absolute atomic E-state index is 0.0394. The fraction of sp³-hybridized carbons (Fsp3) is 0.600. The average molecular weight is 162 g/mol. The molecule has 0 aromatic carbocycles. The molecule has 0 saturated carbocycles. The van der Waals surface area contributed by atoms with Gasteiger partial charge in [-0.2, -0.15) is 10.5 Å². The van der Waals surface area contributed by atoms with Gasteiger partial charge in [-0.25, -0.2) is 0 Å². The molecule has 12 heavy (non-hydrogen) atoms. The topological polar surface area (TPSA) is 47.6 Å². The lowest BCUT2D eigenvalue weighted by molar-refractivity contribution is 0.405. The van der Waals surface area contributed by atoms with Crippen LogP contribution < -0.4 is 0 Å². The van der Waals surface area contributed by atoms with Crippen LogP contribution in [0.25, 0.3) is 0 Å².